The van der Waals surface area contributed by atoms with Gasteiger partial charge in [-0.05, 0) is 50.9 Å². The maximum absolute atomic E-state index is 12.8. The Bertz CT molecular complexity index is 377. The van der Waals surface area contributed by atoms with E-state index in [-0.39, 0.29) is 23.3 Å². The van der Waals surface area contributed by atoms with Crippen LogP contribution in [0.1, 0.15) is 71.6 Å². The first kappa shape index (κ1) is 16.3. The summed E-state index contributed by atoms with van der Waals surface area (Å²) in [6.45, 7) is 4.37. The van der Waals surface area contributed by atoms with E-state index in [0.29, 0.717) is 18.8 Å². The van der Waals surface area contributed by atoms with Crippen molar-refractivity contribution in [1.29, 1.82) is 0 Å². The van der Waals surface area contributed by atoms with Crippen LogP contribution in [0.5, 0.6) is 0 Å². The maximum atomic E-state index is 12.8. The molecule has 120 valence electrons. The fourth-order valence-electron chi connectivity index (χ4n) is 4.18. The van der Waals surface area contributed by atoms with Crippen LogP contribution in [0.3, 0.4) is 0 Å². The standard InChI is InChI=1S/C17H29NO3/c1-12(2)11-17(9-3-4-10-17)16(21)18-14-7-5-13(6-8-14)15(19)20/h12-14H,3-11H2,1-2H3,(H,18,21)(H,19,20). The minimum Gasteiger partial charge on any atom is -0.481 e. The van der Waals surface area contributed by atoms with Crippen LogP contribution in [0, 0.1) is 17.3 Å². The topological polar surface area (TPSA) is 66.4 Å². The average molecular weight is 295 g/mol. The predicted molar refractivity (Wildman–Crippen MR) is 81.9 cm³/mol. The zero-order valence-electron chi connectivity index (χ0n) is 13.4. The third kappa shape index (κ3) is 3.98. The number of rotatable bonds is 5. The Balaban J connectivity index is 1.90. The molecule has 0 heterocycles. The van der Waals surface area contributed by atoms with Gasteiger partial charge in [0, 0.05) is 11.5 Å². The average Bonchev–Trinajstić information content (AvgIpc) is 2.88. The molecule has 1 amide bonds. The summed E-state index contributed by atoms with van der Waals surface area (Å²) < 4.78 is 0. The van der Waals surface area contributed by atoms with E-state index in [4.69, 9.17) is 5.11 Å². The second-order valence-electron chi connectivity index (χ2n) is 7.45. The first-order chi connectivity index (χ1) is 9.93. The Labute approximate surface area is 127 Å². The summed E-state index contributed by atoms with van der Waals surface area (Å²) in [7, 11) is 0. The van der Waals surface area contributed by atoms with Crippen LogP contribution in [0.25, 0.3) is 0 Å². The zero-order valence-corrected chi connectivity index (χ0v) is 13.4. The fraction of sp³-hybridized carbons (Fsp3) is 0.882. The number of aliphatic carboxylic acids is 1. The van der Waals surface area contributed by atoms with Crippen LogP contribution in [-0.4, -0.2) is 23.0 Å². The molecule has 21 heavy (non-hydrogen) atoms. The highest BCUT2D eigenvalue weighted by atomic mass is 16.4. The quantitative estimate of drug-likeness (QED) is 0.817. The van der Waals surface area contributed by atoms with Crippen LogP contribution in [-0.2, 0) is 9.59 Å². The molecule has 0 aromatic rings. The molecule has 0 aromatic carbocycles. The Hall–Kier alpha value is -1.06. The Morgan fingerprint density at radius 2 is 1.71 bits per heavy atom. The molecule has 4 heteroatoms. The minimum atomic E-state index is -0.688. The molecule has 2 saturated carbocycles. The summed E-state index contributed by atoms with van der Waals surface area (Å²) in [5.74, 6) is -0.134. The smallest absolute Gasteiger partial charge is 0.306 e. The first-order valence-electron chi connectivity index (χ1n) is 8.47. The number of carboxylic acid groups (broad SMARTS) is 1. The summed E-state index contributed by atoms with van der Waals surface area (Å²) in [6.07, 6.45) is 8.32. The predicted octanol–water partition coefficient (Wildman–Crippen LogP) is 3.35. The Kier molecular flexibility index (Phi) is 5.28. The number of nitrogens with one attached hydrogen (secondary N) is 1. The van der Waals surface area contributed by atoms with Crippen LogP contribution >= 0.6 is 0 Å². The van der Waals surface area contributed by atoms with E-state index < -0.39 is 5.97 Å². The zero-order chi connectivity index (χ0) is 15.5. The van der Waals surface area contributed by atoms with Gasteiger partial charge in [0.1, 0.15) is 0 Å². The lowest BCUT2D eigenvalue weighted by molar-refractivity contribution is -0.143. The highest BCUT2D eigenvalue weighted by molar-refractivity contribution is 5.83. The van der Waals surface area contributed by atoms with Gasteiger partial charge in [0.15, 0.2) is 0 Å². The molecule has 2 aliphatic rings. The molecule has 0 radical (unpaired) electrons. The van der Waals surface area contributed by atoms with Crippen LogP contribution in [0.15, 0.2) is 0 Å². The molecule has 0 aliphatic heterocycles. The summed E-state index contributed by atoms with van der Waals surface area (Å²) in [5.41, 5.74) is -0.155. The number of carbonyl (C=O) groups is 2. The highest BCUT2D eigenvalue weighted by Gasteiger charge is 2.42. The van der Waals surface area contributed by atoms with Crippen molar-refractivity contribution in [3.05, 3.63) is 0 Å². The van der Waals surface area contributed by atoms with Gasteiger partial charge in [-0.25, -0.2) is 0 Å². The van der Waals surface area contributed by atoms with Gasteiger partial charge in [-0.3, -0.25) is 9.59 Å². The minimum absolute atomic E-state index is 0.155. The Morgan fingerprint density at radius 1 is 1.14 bits per heavy atom. The van der Waals surface area contributed by atoms with Gasteiger partial charge < -0.3 is 10.4 Å². The third-order valence-electron chi connectivity index (χ3n) is 5.25. The highest BCUT2D eigenvalue weighted by Crippen LogP contribution is 2.43. The van der Waals surface area contributed by atoms with Gasteiger partial charge in [-0.2, -0.15) is 0 Å². The Morgan fingerprint density at radius 3 is 2.19 bits per heavy atom. The summed E-state index contributed by atoms with van der Waals surface area (Å²) >= 11 is 0. The van der Waals surface area contributed by atoms with Gasteiger partial charge in [0.05, 0.1) is 5.92 Å². The number of carbonyl (C=O) groups excluding carboxylic acids is 1. The number of carboxylic acids is 1. The summed E-state index contributed by atoms with van der Waals surface area (Å²) in [4.78, 5) is 23.7. The largest absolute Gasteiger partial charge is 0.481 e. The number of amides is 1. The first-order valence-corrected chi connectivity index (χ1v) is 8.47. The lowest BCUT2D eigenvalue weighted by atomic mass is 9.77. The van der Waals surface area contributed by atoms with Crippen LogP contribution < -0.4 is 5.32 Å². The van der Waals surface area contributed by atoms with Crippen molar-refractivity contribution in [2.45, 2.75) is 77.7 Å². The second-order valence-corrected chi connectivity index (χ2v) is 7.45. The van der Waals surface area contributed by atoms with Gasteiger partial charge in [0.2, 0.25) is 5.91 Å². The van der Waals surface area contributed by atoms with Crippen molar-refractivity contribution in [2.24, 2.45) is 17.3 Å². The van der Waals surface area contributed by atoms with Crippen molar-refractivity contribution in [3.63, 3.8) is 0 Å². The molecule has 2 rings (SSSR count). The lowest BCUT2D eigenvalue weighted by Gasteiger charge is -2.34. The molecule has 0 atom stereocenters. The van der Waals surface area contributed by atoms with Crippen molar-refractivity contribution in [2.75, 3.05) is 0 Å². The molecule has 0 spiro atoms. The molecular weight excluding hydrogens is 266 g/mol. The van der Waals surface area contributed by atoms with Crippen LogP contribution in [0.2, 0.25) is 0 Å². The van der Waals surface area contributed by atoms with Crippen molar-refractivity contribution in [1.82, 2.24) is 5.32 Å². The molecule has 4 nitrogen and oxygen atoms in total. The normalized spacial score (nSPS) is 28.5. The third-order valence-corrected chi connectivity index (χ3v) is 5.25. The maximum Gasteiger partial charge on any atom is 0.306 e. The molecule has 2 aliphatic carbocycles. The fourth-order valence-corrected chi connectivity index (χ4v) is 4.18. The molecule has 0 unspecified atom stereocenters. The van der Waals surface area contributed by atoms with E-state index >= 15 is 0 Å². The number of hydrogen-bond acceptors (Lipinski definition) is 2. The molecule has 0 aromatic heterocycles. The SMILES string of the molecule is CC(C)CC1(C(=O)NC2CCC(C(=O)O)CC2)CCCC1. The van der Waals surface area contributed by atoms with Crippen LogP contribution in [0.4, 0.5) is 0 Å². The molecule has 0 saturated heterocycles. The lowest BCUT2D eigenvalue weighted by Crippen LogP contribution is -2.46. The van der Waals surface area contributed by atoms with E-state index in [1.807, 2.05) is 0 Å². The van der Waals surface area contributed by atoms with Gasteiger partial charge >= 0.3 is 5.97 Å². The number of hydrogen-bond donors (Lipinski definition) is 2. The van der Waals surface area contributed by atoms with Crippen molar-refractivity contribution >= 4 is 11.9 Å². The summed E-state index contributed by atoms with van der Waals surface area (Å²) in [6, 6.07) is 0.178. The van der Waals surface area contributed by atoms with Crippen molar-refractivity contribution in [3.8, 4) is 0 Å². The van der Waals surface area contributed by atoms with Gasteiger partial charge in [-0.15, -0.1) is 0 Å². The van der Waals surface area contributed by atoms with E-state index in [1.54, 1.807) is 0 Å². The monoisotopic (exact) mass is 295 g/mol. The molecule has 2 fully saturated rings. The summed E-state index contributed by atoms with van der Waals surface area (Å²) in [5, 5.41) is 12.3. The van der Waals surface area contributed by atoms with E-state index in [9.17, 15) is 9.59 Å². The molecule has 2 N–H and O–H groups in total. The van der Waals surface area contributed by atoms with E-state index in [0.717, 1.165) is 44.9 Å². The van der Waals surface area contributed by atoms with Crippen molar-refractivity contribution < 1.29 is 14.7 Å². The van der Waals surface area contributed by atoms with Gasteiger partial charge in [0.25, 0.3) is 0 Å². The van der Waals surface area contributed by atoms with E-state index in [2.05, 4.69) is 19.2 Å². The van der Waals surface area contributed by atoms with E-state index in [1.165, 1.54) is 0 Å². The molecular formula is C17H29NO3. The molecule has 0 bridgehead atoms. The van der Waals surface area contributed by atoms with Gasteiger partial charge in [-0.1, -0.05) is 26.7 Å². The second kappa shape index (κ2) is 6.80.